The van der Waals surface area contributed by atoms with Gasteiger partial charge < -0.3 is 5.32 Å². The van der Waals surface area contributed by atoms with Crippen LogP contribution in [0, 0.1) is 0 Å². The molecule has 0 aliphatic heterocycles. The first-order chi connectivity index (χ1) is 12.8. The Morgan fingerprint density at radius 3 is 1.69 bits per heavy atom. The zero-order chi connectivity index (χ0) is 17.8. The standard InChI is InChI=1S/C24H23NO/c26-23(25-18-24(16-17-24)21-14-8-3-9-15-21)22(19-10-4-1-5-11-19)20-12-6-2-7-13-20/h1-15,22H,16-18H2,(H,25,26). The van der Waals surface area contributed by atoms with E-state index in [4.69, 9.17) is 0 Å². The molecule has 0 saturated heterocycles. The molecule has 0 heterocycles. The summed E-state index contributed by atoms with van der Waals surface area (Å²) < 4.78 is 0. The van der Waals surface area contributed by atoms with Gasteiger partial charge in [0.25, 0.3) is 0 Å². The van der Waals surface area contributed by atoms with Crippen molar-refractivity contribution in [1.82, 2.24) is 5.32 Å². The second-order valence-corrected chi connectivity index (χ2v) is 7.12. The number of carbonyl (C=O) groups is 1. The van der Waals surface area contributed by atoms with Crippen LogP contribution in [0.5, 0.6) is 0 Å². The van der Waals surface area contributed by atoms with Crippen LogP contribution >= 0.6 is 0 Å². The van der Waals surface area contributed by atoms with Gasteiger partial charge in [-0.25, -0.2) is 0 Å². The molecule has 4 rings (SSSR count). The maximum absolute atomic E-state index is 13.1. The van der Waals surface area contributed by atoms with Crippen molar-refractivity contribution in [2.75, 3.05) is 6.54 Å². The number of hydrogen-bond acceptors (Lipinski definition) is 1. The predicted octanol–water partition coefficient (Wildman–Crippen LogP) is 4.67. The van der Waals surface area contributed by atoms with Gasteiger partial charge in [-0.15, -0.1) is 0 Å². The van der Waals surface area contributed by atoms with Crippen LogP contribution in [0.25, 0.3) is 0 Å². The molecule has 2 nitrogen and oxygen atoms in total. The van der Waals surface area contributed by atoms with Crippen LogP contribution in [0.3, 0.4) is 0 Å². The minimum absolute atomic E-state index is 0.0737. The molecule has 0 bridgehead atoms. The second-order valence-electron chi connectivity index (χ2n) is 7.12. The van der Waals surface area contributed by atoms with Crippen molar-refractivity contribution in [2.24, 2.45) is 0 Å². The van der Waals surface area contributed by atoms with Crippen molar-refractivity contribution in [1.29, 1.82) is 0 Å². The van der Waals surface area contributed by atoms with Crippen LogP contribution in [0.1, 0.15) is 35.4 Å². The van der Waals surface area contributed by atoms with Crippen molar-refractivity contribution in [2.45, 2.75) is 24.2 Å². The topological polar surface area (TPSA) is 29.1 Å². The quantitative estimate of drug-likeness (QED) is 0.694. The first-order valence-electron chi connectivity index (χ1n) is 9.22. The fourth-order valence-corrected chi connectivity index (χ4v) is 3.65. The fraction of sp³-hybridized carbons (Fsp3) is 0.208. The van der Waals surface area contributed by atoms with E-state index in [0.29, 0.717) is 6.54 Å². The van der Waals surface area contributed by atoms with E-state index in [1.165, 1.54) is 5.56 Å². The monoisotopic (exact) mass is 341 g/mol. The summed E-state index contributed by atoms with van der Waals surface area (Å²) in [5, 5.41) is 3.24. The van der Waals surface area contributed by atoms with Gasteiger partial charge in [-0.3, -0.25) is 4.79 Å². The van der Waals surface area contributed by atoms with Crippen LogP contribution in [0.4, 0.5) is 0 Å². The number of benzene rings is 3. The van der Waals surface area contributed by atoms with Gasteiger partial charge in [-0.1, -0.05) is 91.0 Å². The molecule has 1 saturated carbocycles. The summed E-state index contributed by atoms with van der Waals surface area (Å²) >= 11 is 0. The molecule has 0 atom stereocenters. The molecule has 26 heavy (non-hydrogen) atoms. The molecule has 0 unspecified atom stereocenters. The molecule has 130 valence electrons. The Morgan fingerprint density at radius 2 is 1.23 bits per heavy atom. The van der Waals surface area contributed by atoms with Gasteiger partial charge in [-0.05, 0) is 29.5 Å². The molecule has 0 radical (unpaired) electrons. The zero-order valence-corrected chi connectivity index (χ0v) is 14.8. The van der Waals surface area contributed by atoms with E-state index in [9.17, 15) is 4.79 Å². The molecule has 1 amide bonds. The third-order valence-electron chi connectivity index (χ3n) is 5.37. The summed E-state index contributed by atoms with van der Waals surface area (Å²) in [7, 11) is 0. The van der Waals surface area contributed by atoms with Gasteiger partial charge in [0.15, 0.2) is 0 Å². The molecular weight excluding hydrogens is 318 g/mol. The minimum atomic E-state index is -0.274. The van der Waals surface area contributed by atoms with Gasteiger partial charge in [-0.2, -0.15) is 0 Å². The maximum Gasteiger partial charge on any atom is 0.232 e. The predicted molar refractivity (Wildman–Crippen MR) is 105 cm³/mol. The van der Waals surface area contributed by atoms with Gasteiger partial charge in [0, 0.05) is 12.0 Å². The van der Waals surface area contributed by atoms with Crippen molar-refractivity contribution >= 4 is 5.91 Å². The van der Waals surface area contributed by atoms with Crippen LogP contribution in [-0.4, -0.2) is 12.5 Å². The molecule has 1 fully saturated rings. The molecule has 2 heteroatoms. The van der Waals surface area contributed by atoms with Crippen molar-refractivity contribution in [3.63, 3.8) is 0 Å². The Balaban J connectivity index is 1.54. The number of hydrogen-bond donors (Lipinski definition) is 1. The van der Waals surface area contributed by atoms with Crippen LogP contribution in [-0.2, 0) is 10.2 Å². The average molecular weight is 341 g/mol. The summed E-state index contributed by atoms with van der Waals surface area (Å²) in [6.07, 6.45) is 2.28. The van der Waals surface area contributed by atoms with E-state index >= 15 is 0 Å². The zero-order valence-electron chi connectivity index (χ0n) is 14.8. The van der Waals surface area contributed by atoms with Gasteiger partial charge >= 0.3 is 0 Å². The van der Waals surface area contributed by atoms with Gasteiger partial charge in [0.2, 0.25) is 5.91 Å². The van der Waals surface area contributed by atoms with Crippen molar-refractivity contribution in [3.05, 3.63) is 108 Å². The SMILES string of the molecule is O=C(NCC1(c2ccccc2)CC1)C(c1ccccc1)c1ccccc1. The Labute approximate surface area is 154 Å². The first-order valence-corrected chi connectivity index (χ1v) is 9.22. The van der Waals surface area contributed by atoms with Crippen molar-refractivity contribution in [3.8, 4) is 0 Å². The van der Waals surface area contributed by atoms with E-state index in [0.717, 1.165) is 24.0 Å². The third-order valence-corrected chi connectivity index (χ3v) is 5.37. The van der Waals surface area contributed by atoms with E-state index in [1.54, 1.807) is 0 Å². The Morgan fingerprint density at radius 1 is 0.769 bits per heavy atom. The normalized spacial score (nSPS) is 14.8. The molecule has 3 aromatic rings. The maximum atomic E-state index is 13.1. The molecule has 1 aliphatic carbocycles. The summed E-state index contributed by atoms with van der Waals surface area (Å²) in [6.45, 7) is 0.700. The number of nitrogens with one attached hydrogen (secondary N) is 1. The summed E-state index contributed by atoms with van der Waals surface area (Å²) in [5.74, 6) is -0.200. The largest absolute Gasteiger partial charge is 0.354 e. The lowest BCUT2D eigenvalue weighted by molar-refractivity contribution is -0.121. The number of amides is 1. The summed E-state index contributed by atoms with van der Waals surface area (Å²) in [4.78, 5) is 13.1. The van der Waals surface area contributed by atoms with Gasteiger partial charge in [0.1, 0.15) is 0 Å². The van der Waals surface area contributed by atoms with E-state index in [1.807, 2.05) is 66.7 Å². The molecule has 3 aromatic carbocycles. The molecular formula is C24H23NO. The van der Waals surface area contributed by atoms with Gasteiger partial charge in [0.05, 0.1) is 5.92 Å². The summed E-state index contributed by atoms with van der Waals surface area (Å²) in [6, 6.07) is 30.6. The number of rotatable bonds is 6. The molecule has 1 aliphatic rings. The summed E-state index contributed by atoms with van der Waals surface area (Å²) in [5.41, 5.74) is 3.51. The Hall–Kier alpha value is -2.87. The lowest BCUT2D eigenvalue weighted by atomic mass is 9.90. The highest BCUT2D eigenvalue weighted by Crippen LogP contribution is 2.47. The van der Waals surface area contributed by atoms with Crippen molar-refractivity contribution < 1.29 is 4.79 Å². The van der Waals surface area contributed by atoms with E-state index in [2.05, 4.69) is 29.6 Å². The second kappa shape index (κ2) is 7.17. The van der Waals surface area contributed by atoms with Crippen LogP contribution < -0.4 is 5.32 Å². The fourth-order valence-electron chi connectivity index (χ4n) is 3.65. The van der Waals surface area contributed by atoms with E-state index < -0.39 is 0 Å². The highest BCUT2D eigenvalue weighted by Gasteiger charge is 2.44. The Bertz CT molecular complexity index is 815. The first kappa shape index (κ1) is 16.6. The van der Waals surface area contributed by atoms with E-state index in [-0.39, 0.29) is 17.2 Å². The lowest BCUT2D eigenvalue weighted by Crippen LogP contribution is -2.36. The molecule has 0 spiro atoms. The highest BCUT2D eigenvalue weighted by molar-refractivity contribution is 5.87. The smallest absolute Gasteiger partial charge is 0.232 e. The molecule has 0 aromatic heterocycles. The minimum Gasteiger partial charge on any atom is -0.354 e. The molecule has 1 N–H and O–H groups in total. The van der Waals surface area contributed by atoms with Crippen LogP contribution in [0.15, 0.2) is 91.0 Å². The average Bonchev–Trinajstić information content (AvgIpc) is 3.50. The number of carbonyl (C=O) groups excluding carboxylic acids is 1. The highest BCUT2D eigenvalue weighted by atomic mass is 16.1. The lowest BCUT2D eigenvalue weighted by Gasteiger charge is -2.21. The third kappa shape index (κ3) is 3.41. The van der Waals surface area contributed by atoms with Crippen LogP contribution in [0.2, 0.25) is 0 Å². The Kier molecular flexibility index (Phi) is 4.57.